The van der Waals surface area contributed by atoms with Gasteiger partial charge in [-0.05, 0) is 61.6 Å². The Labute approximate surface area is 144 Å². The molecule has 0 amide bonds. The van der Waals surface area contributed by atoms with Crippen molar-refractivity contribution in [3.8, 4) is 0 Å². The van der Waals surface area contributed by atoms with Gasteiger partial charge in [0, 0.05) is 16.1 Å². The van der Waals surface area contributed by atoms with Gasteiger partial charge >= 0.3 is 0 Å². The van der Waals surface area contributed by atoms with Crippen molar-refractivity contribution in [2.75, 3.05) is 13.1 Å². The molecule has 1 aliphatic heterocycles. The van der Waals surface area contributed by atoms with Gasteiger partial charge in [0.25, 0.3) is 0 Å². The number of benzene rings is 1. The van der Waals surface area contributed by atoms with Gasteiger partial charge in [-0.3, -0.25) is 4.90 Å². The molecular formula is C21H29NS. The molecule has 1 aromatic heterocycles. The van der Waals surface area contributed by atoms with E-state index in [1.54, 1.807) is 4.88 Å². The number of piperidine rings is 1. The average molecular weight is 328 g/mol. The second-order valence-electron chi connectivity index (χ2n) is 7.91. The van der Waals surface area contributed by atoms with Crippen LogP contribution in [0.1, 0.15) is 57.2 Å². The fourth-order valence-corrected chi connectivity index (χ4v) is 6.49. The van der Waals surface area contributed by atoms with Crippen molar-refractivity contribution in [1.82, 2.24) is 4.90 Å². The lowest BCUT2D eigenvalue weighted by atomic mass is 9.70. The summed E-state index contributed by atoms with van der Waals surface area (Å²) < 4.78 is 1.46. The summed E-state index contributed by atoms with van der Waals surface area (Å²) >= 11 is 2.06. The molecule has 1 saturated carbocycles. The maximum absolute atomic E-state index is 2.88. The molecule has 124 valence electrons. The highest BCUT2D eigenvalue weighted by Gasteiger charge is 2.46. The molecular weight excluding hydrogens is 298 g/mol. The SMILES string of the molecule is C[C@@H]1CCCN([C@]2(c3cc4ccccc4s3)CCCC[C@@H]2C)C1. The molecule has 2 fully saturated rings. The highest BCUT2D eigenvalue weighted by Crippen LogP contribution is 2.50. The Morgan fingerprint density at radius 1 is 1.09 bits per heavy atom. The fraction of sp³-hybridized carbons (Fsp3) is 0.619. The number of likely N-dealkylation sites (tertiary alicyclic amines) is 1. The molecule has 4 rings (SSSR count). The van der Waals surface area contributed by atoms with Crippen LogP contribution < -0.4 is 0 Å². The van der Waals surface area contributed by atoms with E-state index in [0.29, 0.717) is 5.54 Å². The predicted octanol–water partition coefficient (Wildman–Crippen LogP) is 6.04. The summed E-state index contributed by atoms with van der Waals surface area (Å²) in [6.45, 7) is 7.54. The molecule has 23 heavy (non-hydrogen) atoms. The second kappa shape index (κ2) is 6.22. The van der Waals surface area contributed by atoms with Crippen LogP contribution in [0.3, 0.4) is 0 Å². The zero-order valence-corrected chi connectivity index (χ0v) is 15.4. The first-order chi connectivity index (χ1) is 11.2. The molecule has 1 saturated heterocycles. The van der Waals surface area contributed by atoms with Gasteiger partial charge < -0.3 is 0 Å². The third-order valence-corrected chi connectivity index (χ3v) is 7.62. The molecule has 0 N–H and O–H groups in total. The quantitative estimate of drug-likeness (QED) is 0.650. The first kappa shape index (κ1) is 15.7. The minimum atomic E-state index is 0.302. The van der Waals surface area contributed by atoms with Crippen molar-refractivity contribution in [1.29, 1.82) is 0 Å². The molecule has 1 nitrogen and oxygen atoms in total. The van der Waals surface area contributed by atoms with Gasteiger partial charge in [-0.15, -0.1) is 11.3 Å². The molecule has 0 spiro atoms. The Balaban J connectivity index is 1.81. The highest BCUT2D eigenvalue weighted by atomic mass is 32.1. The molecule has 1 aliphatic carbocycles. The maximum atomic E-state index is 2.88. The second-order valence-corrected chi connectivity index (χ2v) is 9.00. The summed E-state index contributed by atoms with van der Waals surface area (Å²) in [7, 11) is 0. The van der Waals surface area contributed by atoms with E-state index in [1.165, 1.54) is 61.7 Å². The highest BCUT2D eigenvalue weighted by molar-refractivity contribution is 7.19. The Bertz CT molecular complexity index is 642. The molecule has 1 aromatic carbocycles. The molecule has 2 heteroatoms. The van der Waals surface area contributed by atoms with Gasteiger partial charge in [0.15, 0.2) is 0 Å². The van der Waals surface area contributed by atoms with E-state index in [4.69, 9.17) is 0 Å². The number of thiophene rings is 1. The Hall–Kier alpha value is -0.860. The van der Waals surface area contributed by atoms with Gasteiger partial charge in [0.1, 0.15) is 0 Å². The summed E-state index contributed by atoms with van der Waals surface area (Å²) in [6, 6.07) is 11.5. The monoisotopic (exact) mass is 327 g/mol. The molecule has 0 bridgehead atoms. The lowest BCUT2D eigenvalue weighted by Crippen LogP contribution is -2.54. The van der Waals surface area contributed by atoms with E-state index in [2.05, 4.69) is 60.4 Å². The van der Waals surface area contributed by atoms with Gasteiger partial charge in [0.2, 0.25) is 0 Å². The molecule has 2 heterocycles. The van der Waals surface area contributed by atoms with Crippen molar-refractivity contribution < 1.29 is 0 Å². The zero-order valence-electron chi connectivity index (χ0n) is 14.6. The van der Waals surface area contributed by atoms with E-state index >= 15 is 0 Å². The first-order valence-electron chi connectivity index (χ1n) is 9.44. The van der Waals surface area contributed by atoms with E-state index in [9.17, 15) is 0 Å². The average Bonchev–Trinajstić information content (AvgIpc) is 3.00. The summed E-state index contributed by atoms with van der Waals surface area (Å²) in [4.78, 5) is 4.52. The Kier molecular flexibility index (Phi) is 4.23. The van der Waals surface area contributed by atoms with Crippen LogP contribution in [0.15, 0.2) is 30.3 Å². The van der Waals surface area contributed by atoms with Crippen molar-refractivity contribution in [3.63, 3.8) is 0 Å². The van der Waals surface area contributed by atoms with Crippen LogP contribution in [-0.4, -0.2) is 18.0 Å². The van der Waals surface area contributed by atoms with E-state index in [1.807, 2.05) is 0 Å². The largest absolute Gasteiger partial charge is 0.292 e. The summed E-state index contributed by atoms with van der Waals surface area (Å²) in [6.07, 6.45) is 8.33. The van der Waals surface area contributed by atoms with Crippen molar-refractivity contribution in [2.45, 2.75) is 57.9 Å². The minimum absolute atomic E-state index is 0.302. The van der Waals surface area contributed by atoms with E-state index < -0.39 is 0 Å². The molecule has 3 atom stereocenters. The summed E-state index contributed by atoms with van der Waals surface area (Å²) in [5, 5.41) is 1.44. The van der Waals surface area contributed by atoms with Crippen molar-refractivity contribution in [3.05, 3.63) is 35.2 Å². The smallest absolute Gasteiger partial charge is 0.0580 e. The Morgan fingerprint density at radius 2 is 1.96 bits per heavy atom. The number of nitrogens with zero attached hydrogens (tertiary/aromatic N) is 1. The summed E-state index contributed by atoms with van der Waals surface area (Å²) in [5.41, 5.74) is 0.302. The number of hydrogen-bond donors (Lipinski definition) is 0. The van der Waals surface area contributed by atoms with Crippen LogP contribution in [0.5, 0.6) is 0 Å². The van der Waals surface area contributed by atoms with E-state index in [-0.39, 0.29) is 0 Å². The minimum Gasteiger partial charge on any atom is -0.292 e. The number of fused-ring (bicyclic) bond motifs is 1. The number of hydrogen-bond acceptors (Lipinski definition) is 2. The molecule has 2 aromatic rings. The van der Waals surface area contributed by atoms with Gasteiger partial charge in [-0.1, -0.05) is 44.9 Å². The normalized spacial score (nSPS) is 33.1. The van der Waals surface area contributed by atoms with Crippen LogP contribution in [0.4, 0.5) is 0 Å². The molecule has 0 radical (unpaired) electrons. The topological polar surface area (TPSA) is 3.24 Å². The molecule has 2 aliphatic rings. The van der Waals surface area contributed by atoms with E-state index in [0.717, 1.165) is 11.8 Å². The third-order valence-electron chi connectivity index (χ3n) is 6.33. The van der Waals surface area contributed by atoms with Crippen LogP contribution in [0.2, 0.25) is 0 Å². The lowest BCUT2D eigenvalue weighted by Gasteiger charge is -2.52. The lowest BCUT2D eigenvalue weighted by molar-refractivity contribution is -0.0209. The van der Waals surface area contributed by atoms with Crippen LogP contribution in [0.25, 0.3) is 10.1 Å². The Morgan fingerprint density at radius 3 is 2.74 bits per heavy atom. The first-order valence-corrected chi connectivity index (χ1v) is 10.3. The number of rotatable bonds is 2. The third kappa shape index (κ3) is 2.64. The van der Waals surface area contributed by atoms with Crippen LogP contribution >= 0.6 is 11.3 Å². The van der Waals surface area contributed by atoms with Gasteiger partial charge in [0.05, 0.1) is 5.54 Å². The van der Waals surface area contributed by atoms with Crippen molar-refractivity contribution in [2.24, 2.45) is 11.8 Å². The van der Waals surface area contributed by atoms with Crippen LogP contribution in [0, 0.1) is 11.8 Å². The van der Waals surface area contributed by atoms with Crippen molar-refractivity contribution >= 4 is 21.4 Å². The predicted molar refractivity (Wildman–Crippen MR) is 101 cm³/mol. The fourth-order valence-electron chi connectivity index (χ4n) is 5.07. The molecule has 0 unspecified atom stereocenters. The van der Waals surface area contributed by atoms with Crippen LogP contribution in [-0.2, 0) is 5.54 Å². The van der Waals surface area contributed by atoms with Gasteiger partial charge in [-0.25, -0.2) is 0 Å². The zero-order chi connectivity index (χ0) is 15.9. The summed E-state index contributed by atoms with van der Waals surface area (Å²) in [5.74, 6) is 1.62. The standard InChI is InChI=1S/C21H29NS/c1-16-8-7-13-22(15-16)21(12-6-5-9-17(21)2)20-14-18-10-3-4-11-19(18)23-20/h3-4,10-11,14,16-17H,5-9,12-13,15H2,1-2H3/t16-,17+,21-/m1/s1. The maximum Gasteiger partial charge on any atom is 0.0580 e. The van der Waals surface area contributed by atoms with Gasteiger partial charge in [-0.2, -0.15) is 0 Å².